The van der Waals surface area contributed by atoms with E-state index in [0.717, 1.165) is 6.20 Å². The number of nitrogens with zero attached hydrogens (tertiary/aromatic N) is 4. The Morgan fingerprint density at radius 1 is 1.24 bits per heavy atom. The first kappa shape index (κ1) is 22.6. The first-order valence-electron chi connectivity index (χ1n) is 10.9. The van der Waals surface area contributed by atoms with E-state index in [1.165, 1.54) is 47.0 Å². The number of hydrogen-bond acceptors (Lipinski definition) is 6. The lowest BCUT2D eigenvalue weighted by molar-refractivity contribution is -0.0814. The van der Waals surface area contributed by atoms with Gasteiger partial charge in [0.25, 0.3) is 5.91 Å². The van der Waals surface area contributed by atoms with Gasteiger partial charge in [-0.3, -0.25) is 14.5 Å². The fraction of sp³-hybridized carbons (Fsp3) is 0.375. The van der Waals surface area contributed by atoms with Gasteiger partial charge in [-0.2, -0.15) is 5.10 Å². The molecule has 34 heavy (non-hydrogen) atoms. The van der Waals surface area contributed by atoms with Crippen LogP contribution in [0.2, 0.25) is 0 Å². The summed E-state index contributed by atoms with van der Waals surface area (Å²) in [4.78, 5) is 18.7. The third-order valence-electron chi connectivity index (χ3n) is 6.44. The van der Waals surface area contributed by atoms with E-state index in [1.807, 2.05) is 0 Å². The molecule has 1 aliphatic carbocycles. The van der Waals surface area contributed by atoms with Crippen molar-refractivity contribution in [2.24, 2.45) is 7.05 Å². The number of aromatic nitrogens is 3. The number of aliphatic hydroxyl groups is 2. The molecule has 0 spiro atoms. The Kier molecular flexibility index (Phi) is 5.27. The van der Waals surface area contributed by atoms with E-state index >= 15 is 4.39 Å². The molecule has 0 bridgehead atoms. The molecule has 1 saturated carbocycles. The molecule has 2 aromatic heterocycles. The summed E-state index contributed by atoms with van der Waals surface area (Å²) in [6, 6.07) is 5.30. The molecule has 3 aromatic rings. The molecular weight excluding hydrogens is 446 g/mol. The van der Waals surface area contributed by atoms with Gasteiger partial charge in [0.15, 0.2) is 6.23 Å². The monoisotopic (exact) mass is 470 g/mol. The number of rotatable bonds is 7. The van der Waals surface area contributed by atoms with Crippen molar-refractivity contribution < 1.29 is 28.5 Å². The van der Waals surface area contributed by atoms with Crippen molar-refractivity contribution in [2.45, 2.75) is 43.7 Å². The quantitative estimate of drug-likeness (QED) is 0.551. The van der Waals surface area contributed by atoms with E-state index in [9.17, 15) is 19.4 Å². The normalized spacial score (nSPS) is 20.4. The summed E-state index contributed by atoms with van der Waals surface area (Å²) < 4.78 is 36.2. The van der Waals surface area contributed by atoms with Gasteiger partial charge in [-0.1, -0.05) is 0 Å². The first-order valence-corrected chi connectivity index (χ1v) is 10.9. The molecule has 10 heteroatoms. The Morgan fingerprint density at radius 3 is 2.62 bits per heavy atom. The molecule has 0 radical (unpaired) electrons. The zero-order valence-electron chi connectivity index (χ0n) is 18.7. The molecule has 178 valence electrons. The number of carbonyl (C=O) groups excluding carboxylic acids is 1. The third-order valence-corrected chi connectivity index (χ3v) is 6.44. The van der Waals surface area contributed by atoms with Gasteiger partial charge in [-0.15, -0.1) is 0 Å². The van der Waals surface area contributed by atoms with Gasteiger partial charge in [0.2, 0.25) is 0 Å². The summed E-state index contributed by atoms with van der Waals surface area (Å²) in [6.45, 7) is 1.39. The van der Waals surface area contributed by atoms with Crippen LogP contribution < -0.4 is 0 Å². The maximum absolute atomic E-state index is 15.5. The average molecular weight is 470 g/mol. The fourth-order valence-corrected chi connectivity index (χ4v) is 4.11. The van der Waals surface area contributed by atoms with Gasteiger partial charge in [-0.25, -0.2) is 8.78 Å². The second-order valence-corrected chi connectivity index (χ2v) is 9.18. The number of ether oxygens (including phenoxy) is 1. The zero-order chi connectivity index (χ0) is 24.3. The maximum Gasteiger partial charge on any atom is 0.257 e. The number of fused-ring (bicyclic) bond motifs is 1. The molecule has 1 aliphatic heterocycles. The van der Waals surface area contributed by atoms with Gasteiger partial charge >= 0.3 is 0 Å². The number of benzene rings is 1. The summed E-state index contributed by atoms with van der Waals surface area (Å²) in [5.41, 5.74) is -1.48. The van der Waals surface area contributed by atoms with Crippen LogP contribution in [-0.2, 0) is 23.9 Å². The second kappa shape index (κ2) is 7.93. The van der Waals surface area contributed by atoms with Crippen LogP contribution in [0.25, 0.3) is 0 Å². The Morgan fingerprint density at radius 2 is 2.00 bits per heavy atom. The SMILES string of the molecule is Cn1cc(C(C)(O)c2cc(F)c3c(c2)C(=O)N(Cc2ccc(F)cn2)[C@@H]3OCC2(O)CC2)cn1. The summed E-state index contributed by atoms with van der Waals surface area (Å²) in [5.74, 6) is -1.75. The molecule has 1 aromatic carbocycles. The Hall–Kier alpha value is -3.21. The van der Waals surface area contributed by atoms with Gasteiger partial charge < -0.3 is 19.8 Å². The maximum atomic E-state index is 15.5. The predicted octanol–water partition coefficient (Wildman–Crippen LogP) is 2.55. The van der Waals surface area contributed by atoms with E-state index in [2.05, 4.69) is 10.1 Å². The zero-order valence-corrected chi connectivity index (χ0v) is 18.7. The molecule has 2 N–H and O–H groups in total. The van der Waals surface area contributed by atoms with Crippen molar-refractivity contribution in [1.82, 2.24) is 19.7 Å². The van der Waals surface area contributed by atoms with Crippen molar-refractivity contribution in [3.63, 3.8) is 0 Å². The highest BCUT2D eigenvalue weighted by Crippen LogP contribution is 2.43. The Balaban J connectivity index is 1.53. The van der Waals surface area contributed by atoms with Crippen molar-refractivity contribution in [3.05, 3.63) is 82.4 Å². The standard InChI is InChI=1S/C24H24F2N4O4/c1-23(32,15-9-28-29(2)11-15)14-7-18-20(19(26)8-14)22(34-13-24(33)5-6-24)30(21(18)31)12-17-4-3-16(25)10-27-17/h3-4,7-11,22,32-33H,5-6,12-13H2,1-2H3/t22-,23?/m1/s1. The molecule has 1 fully saturated rings. The summed E-state index contributed by atoms with van der Waals surface area (Å²) >= 11 is 0. The largest absolute Gasteiger partial charge is 0.387 e. The number of carbonyl (C=O) groups is 1. The predicted molar refractivity (Wildman–Crippen MR) is 115 cm³/mol. The minimum Gasteiger partial charge on any atom is -0.387 e. The van der Waals surface area contributed by atoms with E-state index < -0.39 is 35.0 Å². The van der Waals surface area contributed by atoms with E-state index in [4.69, 9.17) is 4.74 Å². The number of amides is 1. The molecular formula is C24H24F2N4O4. The van der Waals surface area contributed by atoms with Gasteiger partial charge in [0, 0.05) is 24.4 Å². The van der Waals surface area contributed by atoms with Crippen molar-refractivity contribution in [1.29, 1.82) is 0 Å². The topological polar surface area (TPSA) is 101 Å². The highest BCUT2D eigenvalue weighted by atomic mass is 19.1. The van der Waals surface area contributed by atoms with Crippen LogP contribution in [0.1, 0.15) is 58.7 Å². The molecule has 5 rings (SSSR count). The van der Waals surface area contributed by atoms with Crippen LogP contribution in [0.4, 0.5) is 8.78 Å². The molecule has 1 unspecified atom stereocenters. The van der Waals surface area contributed by atoms with E-state index in [-0.39, 0.29) is 29.8 Å². The van der Waals surface area contributed by atoms with Crippen LogP contribution in [-0.4, -0.2) is 48.0 Å². The fourth-order valence-electron chi connectivity index (χ4n) is 4.11. The van der Waals surface area contributed by atoms with Crippen LogP contribution in [0, 0.1) is 11.6 Å². The summed E-state index contributed by atoms with van der Waals surface area (Å²) in [5, 5.41) is 25.5. The Bertz CT molecular complexity index is 1250. The van der Waals surface area contributed by atoms with Crippen molar-refractivity contribution in [2.75, 3.05) is 6.61 Å². The molecule has 0 saturated heterocycles. The molecule has 2 aliphatic rings. The number of halogens is 2. The van der Waals surface area contributed by atoms with E-state index in [0.29, 0.717) is 24.1 Å². The number of hydrogen-bond donors (Lipinski definition) is 2. The third kappa shape index (κ3) is 3.97. The first-order chi connectivity index (χ1) is 16.1. The molecule has 8 nitrogen and oxygen atoms in total. The van der Waals surface area contributed by atoms with Gasteiger partial charge in [-0.05, 0) is 49.6 Å². The van der Waals surface area contributed by atoms with Crippen LogP contribution in [0.3, 0.4) is 0 Å². The van der Waals surface area contributed by atoms with Crippen LogP contribution in [0.5, 0.6) is 0 Å². The highest BCUT2D eigenvalue weighted by Gasteiger charge is 2.46. The molecule has 1 amide bonds. The highest BCUT2D eigenvalue weighted by molar-refractivity contribution is 5.99. The number of pyridine rings is 1. The average Bonchev–Trinajstić information content (AvgIpc) is 3.25. The lowest BCUT2D eigenvalue weighted by Crippen LogP contribution is -2.32. The minimum atomic E-state index is -1.60. The van der Waals surface area contributed by atoms with Crippen molar-refractivity contribution >= 4 is 5.91 Å². The Labute approximate surface area is 194 Å². The lowest BCUT2D eigenvalue weighted by atomic mass is 9.88. The van der Waals surface area contributed by atoms with Crippen LogP contribution in [0.15, 0.2) is 42.9 Å². The minimum absolute atomic E-state index is 0.0297. The van der Waals surface area contributed by atoms with Crippen molar-refractivity contribution in [3.8, 4) is 0 Å². The smallest absolute Gasteiger partial charge is 0.257 e. The number of aryl methyl sites for hydroxylation is 1. The summed E-state index contributed by atoms with van der Waals surface area (Å²) in [7, 11) is 1.70. The molecule has 3 heterocycles. The lowest BCUT2D eigenvalue weighted by Gasteiger charge is -2.26. The second-order valence-electron chi connectivity index (χ2n) is 9.18. The molecule has 2 atom stereocenters. The van der Waals surface area contributed by atoms with Gasteiger partial charge in [0.1, 0.15) is 17.2 Å². The van der Waals surface area contributed by atoms with Crippen LogP contribution >= 0.6 is 0 Å². The summed E-state index contributed by atoms with van der Waals surface area (Å²) in [6.07, 6.45) is 4.15. The van der Waals surface area contributed by atoms with E-state index in [1.54, 1.807) is 13.2 Å². The van der Waals surface area contributed by atoms with Gasteiger partial charge in [0.05, 0.1) is 42.4 Å².